The molecule has 0 bridgehead atoms. The van der Waals surface area contributed by atoms with Crippen LogP contribution in [-0.2, 0) is 4.74 Å². The van der Waals surface area contributed by atoms with Crippen LogP contribution in [0, 0.1) is 13.8 Å². The van der Waals surface area contributed by atoms with E-state index < -0.39 is 0 Å². The lowest BCUT2D eigenvalue weighted by molar-refractivity contribution is 0.102. The highest BCUT2D eigenvalue weighted by Gasteiger charge is 2.31. The predicted molar refractivity (Wildman–Crippen MR) is 119 cm³/mol. The predicted octanol–water partition coefficient (Wildman–Crippen LogP) is 4.75. The standard InChI is InChI=1S/C23H28N4O2S/c1-15-12-20(17(3)26(15)16(2)13-29-4)21(28)14-30-23-25-24-22(18-10-11-18)27(23)19-8-6-5-7-9-19/h5-9,12,16,18H,10-11,13-14H2,1-4H3. The van der Waals surface area contributed by atoms with Crippen molar-refractivity contribution in [1.29, 1.82) is 0 Å². The number of ketones is 1. The van der Waals surface area contributed by atoms with Gasteiger partial charge >= 0.3 is 0 Å². The summed E-state index contributed by atoms with van der Waals surface area (Å²) in [7, 11) is 1.70. The molecule has 30 heavy (non-hydrogen) atoms. The minimum Gasteiger partial charge on any atom is -0.383 e. The van der Waals surface area contributed by atoms with Gasteiger partial charge in [0, 0.05) is 35.7 Å². The first-order valence-electron chi connectivity index (χ1n) is 10.3. The fourth-order valence-corrected chi connectivity index (χ4v) is 4.90. The highest BCUT2D eigenvalue weighted by Crippen LogP contribution is 2.41. The summed E-state index contributed by atoms with van der Waals surface area (Å²) in [6.07, 6.45) is 2.31. The molecule has 1 atom stereocenters. The van der Waals surface area contributed by atoms with Crippen LogP contribution in [0.3, 0.4) is 0 Å². The summed E-state index contributed by atoms with van der Waals surface area (Å²) >= 11 is 1.46. The molecule has 158 valence electrons. The molecule has 1 aliphatic rings. The first-order valence-corrected chi connectivity index (χ1v) is 11.3. The second-order valence-corrected chi connectivity index (χ2v) is 8.90. The van der Waals surface area contributed by atoms with Crippen molar-refractivity contribution in [2.75, 3.05) is 19.5 Å². The van der Waals surface area contributed by atoms with Crippen LogP contribution in [0.15, 0.2) is 41.6 Å². The largest absolute Gasteiger partial charge is 0.383 e. The third kappa shape index (κ3) is 4.09. The average molecular weight is 425 g/mol. The molecule has 6 nitrogen and oxygen atoms in total. The maximum Gasteiger partial charge on any atom is 0.196 e. The van der Waals surface area contributed by atoms with Crippen LogP contribution >= 0.6 is 11.8 Å². The Hall–Kier alpha value is -2.38. The zero-order valence-corrected chi connectivity index (χ0v) is 18.8. The van der Waals surface area contributed by atoms with Crippen LogP contribution in [0.4, 0.5) is 0 Å². The van der Waals surface area contributed by atoms with Gasteiger partial charge in [-0.15, -0.1) is 10.2 Å². The number of rotatable bonds is 9. The van der Waals surface area contributed by atoms with Gasteiger partial charge in [0.15, 0.2) is 10.9 Å². The average Bonchev–Trinajstić information content (AvgIpc) is 3.42. The minimum atomic E-state index is 0.111. The van der Waals surface area contributed by atoms with Crippen molar-refractivity contribution in [2.24, 2.45) is 0 Å². The number of hydrogen-bond donors (Lipinski definition) is 0. The van der Waals surface area contributed by atoms with E-state index in [1.165, 1.54) is 11.8 Å². The van der Waals surface area contributed by atoms with Crippen molar-refractivity contribution in [1.82, 2.24) is 19.3 Å². The van der Waals surface area contributed by atoms with Gasteiger partial charge in [0.25, 0.3) is 0 Å². The van der Waals surface area contributed by atoms with Gasteiger partial charge in [-0.05, 0) is 51.8 Å². The fourth-order valence-electron chi connectivity index (χ4n) is 4.06. The maximum atomic E-state index is 13.1. The van der Waals surface area contributed by atoms with E-state index in [9.17, 15) is 4.79 Å². The van der Waals surface area contributed by atoms with E-state index in [-0.39, 0.29) is 11.8 Å². The van der Waals surface area contributed by atoms with Gasteiger partial charge in [0.2, 0.25) is 0 Å². The number of carbonyl (C=O) groups excluding carboxylic acids is 1. The summed E-state index contributed by atoms with van der Waals surface area (Å²) in [6, 6.07) is 12.3. The molecule has 4 rings (SSSR count). The van der Waals surface area contributed by atoms with E-state index in [0.29, 0.717) is 18.3 Å². The Bertz CT molecular complexity index is 1040. The van der Waals surface area contributed by atoms with Gasteiger partial charge in [-0.2, -0.15) is 0 Å². The third-order valence-corrected chi connectivity index (χ3v) is 6.51. The monoisotopic (exact) mass is 424 g/mol. The van der Waals surface area contributed by atoms with Gasteiger partial charge in [0.1, 0.15) is 5.82 Å². The fraction of sp³-hybridized carbons (Fsp3) is 0.435. The number of para-hydroxylation sites is 1. The molecular weight excluding hydrogens is 396 g/mol. The number of aryl methyl sites for hydroxylation is 1. The molecule has 7 heteroatoms. The molecule has 2 aromatic heterocycles. The smallest absolute Gasteiger partial charge is 0.196 e. The van der Waals surface area contributed by atoms with E-state index in [4.69, 9.17) is 4.74 Å². The molecule has 0 spiro atoms. The molecule has 1 aliphatic carbocycles. The van der Waals surface area contributed by atoms with Crippen LogP contribution in [0.5, 0.6) is 0 Å². The molecule has 0 aliphatic heterocycles. The summed E-state index contributed by atoms with van der Waals surface area (Å²) < 4.78 is 9.59. The molecule has 1 saturated carbocycles. The van der Waals surface area contributed by atoms with Crippen LogP contribution in [0.25, 0.3) is 5.69 Å². The van der Waals surface area contributed by atoms with E-state index >= 15 is 0 Å². The van der Waals surface area contributed by atoms with Crippen molar-refractivity contribution in [3.05, 3.63) is 59.2 Å². The van der Waals surface area contributed by atoms with Crippen molar-refractivity contribution < 1.29 is 9.53 Å². The van der Waals surface area contributed by atoms with Gasteiger partial charge in [-0.25, -0.2) is 0 Å². The number of Topliss-reactive ketones (excluding diaryl/α,β-unsaturated/α-hetero) is 1. The molecule has 2 heterocycles. The molecule has 0 N–H and O–H groups in total. The highest BCUT2D eigenvalue weighted by molar-refractivity contribution is 7.99. The zero-order chi connectivity index (χ0) is 21.3. The van der Waals surface area contributed by atoms with Gasteiger partial charge in [0.05, 0.1) is 18.4 Å². The number of methoxy groups -OCH3 is 1. The van der Waals surface area contributed by atoms with Gasteiger partial charge in [-0.3, -0.25) is 9.36 Å². The summed E-state index contributed by atoms with van der Waals surface area (Å²) in [4.78, 5) is 13.1. The van der Waals surface area contributed by atoms with Crippen LogP contribution < -0.4 is 0 Å². The molecular formula is C23H28N4O2S. The van der Waals surface area contributed by atoms with E-state index in [2.05, 4.69) is 38.4 Å². The Kier molecular flexibility index (Phi) is 6.11. The van der Waals surface area contributed by atoms with Crippen molar-refractivity contribution in [3.8, 4) is 5.69 Å². The minimum absolute atomic E-state index is 0.111. The molecule has 0 radical (unpaired) electrons. The molecule has 1 aromatic carbocycles. The molecule has 0 saturated heterocycles. The first kappa shape index (κ1) is 20.9. The number of thioether (sulfide) groups is 1. The van der Waals surface area contributed by atoms with Gasteiger partial charge < -0.3 is 9.30 Å². The summed E-state index contributed by atoms with van der Waals surface area (Å²) in [5.74, 6) is 1.92. The van der Waals surface area contributed by atoms with Crippen molar-refractivity contribution in [3.63, 3.8) is 0 Å². The lowest BCUT2D eigenvalue weighted by atomic mass is 10.2. The Morgan fingerprint density at radius 1 is 1.23 bits per heavy atom. The molecule has 3 aromatic rings. The highest BCUT2D eigenvalue weighted by atomic mass is 32.2. The third-order valence-electron chi connectivity index (χ3n) is 5.58. The second-order valence-electron chi connectivity index (χ2n) is 7.96. The number of hydrogen-bond acceptors (Lipinski definition) is 5. The number of carbonyl (C=O) groups is 1. The molecule has 1 fully saturated rings. The lowest BCUT2D eigenvalue weighted by Gasteiger charge is -2.17. The van der Waals surface area contributed by atoms with Crippen LogP contribution in [0.2, 0.25) is 0 Å². The van der Waals surface area contributed by atoms with Crippen LogP contribution in [0.1, 0.15) is 59.3 Å². The number of aromatic nitrogens is 4. The molecule has 0 amide bonds. The Morgan fingerprint density at radius 3 is 2.63 bits per heavy atom. The van der Waals surface area contributed by atoms with Crippen molar-refractivity contribution >= 4 is 17.5 Å². The Balaban J connectivity index is 1.55. The molecule has 1 unspecified atom stereocenters. The number of ether oxygens (including phenoxy) is 1. The summed E-state index contributed by atoms with van der Waals surface area (Å²) in [5.41, 5.74) is 3.89. The summed E-state index contributed by atoms with van der Waals surface area (Å²) in [5, 5.41) is 9.64. The van der Waals surface area contributed by atoms with E-state index in [1.54, 1.807) is 7.11 Å². The van der Waals surface area contributed by atoms with E-state index in [1.807, 2.05) is 38.1 Å². The number of benzene rings is 1. The normalized spacial score (nSPS) is 14.8. The quantitative estimate of drug-likeness (QED) is 0.367. The SMILES string of the molecule is COCC(C)n1c(C)cc(C(=O)CSc2nnc(C3CC3)n2-c2ccccc2)c1C. The zero-order valence-electron chi connectivity index (χ0n) is 18.0. The number of nitrogens with zero attached hydrogens (tertiary/aromatic N) is 4. The Labute approximate surface area is 181 Å². The summed E-state index contributed by atoms with van der Waals surface area (Å²) in [6.45, 7) is 6.77. The Morgan fingerprint density at radius 2 is 1.97 bits per heavy atom. The van der Waals surface area contributed by atoms with Crippen molar-refractivity contribution in [2.45, 2.75) is 50.7 Å². The van der Waals surface area contributed by atoms with E-state index in [0.717, 1.165) is 46.5 Å². The maximum absolute atomic E-state index is 13.1. The van der Waals surface area contributed by atoms with Gasteiger partial charge in [-0.1, -0.05) is 30.0 Å². The van der Waals surface area contributed by atoms with Crippen LogP contribution in [-0.4, -0.2) is 44.6 Å². The topological polar surface area (TPSA) is 61.9 Å². The second kappa shape index (κ2) is 8.78. The lowest BCUT2D eigenvalue weighted by Crippen LogP contribution is -2.14. The first-order chi connectivity index (χ1) is 14.5.